The number of ether oxygens (including phenoxy) is 1. The summed E-state index contributed by atoms with van der Waals surface area (Å²) in [5.74, 6) is 0.203. The van der Waals surface area contributed by atoms with Gasteiger partial charge in [0.1, 0.15) is 18.2 Å². The van der Waals surface area contributed by atoms with Gasteiger partial charge in [0.25, 0.3) is 0 Å². The molecule has 0 saturated heterocycles. The number of rotatable bonds is 5. The van der Waals surface area contributed by atoms with Crippen molar-refractivity contribution in [2.45, 2.75) is 0 Å². The molecule has 0 aliphatic heterocycles. The largest absolute Gasteiger partial charge is 0.492 e. The predicted octanol–water partition coefficient (Wildman–Crippen LogP) is 4.84. The van der Waals surface area contributed by atoms with Crippen molar-refractivity contribution in [3.8, 4) is 5.75 Å². The van der Waals surface area contributed by atoms with Gasteiger partial charge in [0.2, 0.25) is 0 Å². The van der Waals surface area contributed by atoms with E-state index in [0.717, 1.165) is 10.2 Å². The molecule has 0 radical (unpaired) electrons. The van der Waals surface area contributed by atoms with E-state index in [9.17, 15) is 4.39 Å². The minimum absolute atomic E-state index is 0.315. The summed E-state index contributed by atoms with van der Waals surface area (Å²) in [6.45, 7) is 1.11. The molecular formula is C14H12Br2FNO. The summed E-state index contributed by atoms with van der Waals surface area (Å²) in [6, 6.07) is 12.4. The van der Waals surface area contributed by atoms with Crippen LogP contribution in [0.1, 0.15) is 0 Å². The van der Waals surface area contributed by atoms with Crippen LogP contribution in [0.15, 0.2) is 51.4 Å². The highest BCUT2D eigenvalue weighted by molar-refractivity contribution is 9.10. The van der Waals surface area contributed by atoms with Crippen LogP contribution in [-0.4, -0.2) is 13.2 Å². The molecule has 0 bridgehead atoms. The lowest BCUT2D eigenvalue weighted by Gasteiger charge is -2.09. The molecule has 0 saturated carbocycles. The van der Waals surface area contributed by atoms with Crippen LogP contribution in [0.3, 0.4) is 0 Å². The van der Waals surface area contributed by atoms with Gasteiger partial charge < -0.3 is 10.1 Å². The van der Waals surface area contributed by atoms with Gasteiger partial charge in [-0.15, -0.1) is 0 Å². The Morgan fingerprint density at radius 3 is 2.42 bits per heavy atom. The molecule has 2 nitrogen and oxygen atoms in total. The Hall–Kier alpha value is -1.07. The van der Waals surface area contributed by atoms with Crippen LogP contribution in [0.4, 0.5) is 10.1 Å². The SMILES string of the molecule is Fc1cc(Br)cc(OCCNc2ccc(Br)cc2)c1. The average molecular weight is 389 g/mol. The lowest BCUT2D eigenvalue weighted by Crippen LogP contribution is -2.11. The second-order valence-corrected chi connectivity index (χ2v) is 5.72. The highest BCUT2D eigenvalue weighted by atomic mass is 79.9. The molecule has 2 rings (SSSR count). The van der Waals surface area contributed by atoms with Gasteiger partial charge in [0, 0.05) is 27.2 Å². The lowest BCUT2D eigenvalue weighted by molar-refractivity contribution is 0.331. The molecule has 100 valence electrons. The van der Waals surface area contributed by atoms with E-state index in [1.54, 1.807) is 6.07 Å². The zero-order valence-electron chi connectivity index (χ0n) is 10.00. The molecule has 0 atom stereocenters. The molecule has 19 heavy (non-hydrogen) atoms. The van der Waals surface area contributed by atoms with Crippen LogP contribution in [0.2, 0.25) is 0 Å². The van der Waals surface area contributed by atoms with Crippen LogP contribution >= 0.6 is 31.9 Å². The number of benzene rings is 2. The topological polar surface area (TPSA) is 21.3 Å². The molecule has 0 aromatic heterocycles. The smallest absolute Gasteiger partial charge is 0.128 e. The van der Waals surface area contributed by atoms with Crippen LogP contribution in [0.25, 0.3) is 0 Å². The molecule has 5 heteroatoms. The van der Waals surface area contributed by atoms with E-state index in [-0.39, 0.29) is 5.82 Å². The molecule has 0 aliphatic rings. The molecule has 2 aromatic carbocycles. The Morgan fingerprint density at radius 1 is 1.00 bits per heavy atom. The number of hydrogen-bond acceptors (Lipinski definition) is 2. The highest BCUT2D eigenvalue weighted by Gasteiger charge is 2.00. The number of anilines is 1. The molecule has 1 N–H and O–H groups in total. The molecule has 0 amide bonds. The van der Waals surface area contributed by atoms with E-state index in [4.69, 9.17) is 4.74 Å². The van der Waals surface area contributed by atoms with Crippen LogP contribution in [-0.2, 0) is 0 Å². The van der Waals surface area contributed by atoms with Crippen molar-refractivity contribution in [2.24, 2.45) is 0 Å². The van der Waals surface area contributed by atoms with Gasteiger partial charge >= 0.3 is 0 Å². The van der Waals surface area contributed by atoms with Crippen LogP contribution < -0.4 is 10.1 Å². The molecule has 2 aromatic rings. The van der Waals surface area contributed by atoms with Gasteiger partial charge in [-0.2, -0.15) is 0 Å². The first kappa shape index (κ1) is 14.3. The Kier molecular flexibility index (Phi) is 5.22. The zero-order chi connectivity index (χ0) is 13.7. The number of nitrogens with one attached hydrogen (secondary N) is 1. The van der Waals surface area contributed by atoms with Gasteiger partial charge in [-0.1, -0.05) is 31.9 Å². The van der Waals surface area contributed by atoms with Gasteiger partial charge in [-0.05, 0) is 36.4 Å². The van der Waals surface area contributed by atoms with Crippen LogP contribution in [0.5, 0.6) is 5.75 Å². The average Bonchev–Trinajstić information content (AvgIpc) is 2.36. The Balaban J connectivity index is 1.79. The molecule has 0 spiro atoms. The normalized spacial score (nSPS) is 10.3. The maximum atomic E-state index is 13.1. The van der Waals surface area contributed by atoms with Crippen molar-refractivity contribution in [2.75, 3.05) is 18.5 Å². The summed E-state index contributed by atoms with van der Waals surface area (Å²) >= 11 is 6.60. The fourth-order valence-corrected chi connectivity index (χ4v) is 2.25. The van der Waals surface area contributed by atoms with Crippen molar-refractivity contribution in [3.63, 3.8) is 0 Å². The van der Waals surface area contributed by atoms with Crippen molar-refractivity contribution in [1.82, 2.24) is 0 Å². The minimum atomic E-state index is -0.315. The van der Waals surface area contributed by atoms with E-state index in [1.807, 2.05) is 24.3 Å². The summed E-state index contributed by atoms with van der Waals surface area (Å²) in [4.78, 5) is 0. The van der Waals surface area contributed by atoms with Gasteiger partial charge in [-0.25, -0.2) is 4.39 Å². The van der Waals surface area contributed by atoms with E-state index in [0.29, 0.717) is 23.4 Å². The minimum Gasteiger partial charge on any atom is -0.492 e. The fourth-order valence-electron chi connectivity index (χ4n) is 1.54. The summed E-state index contributed by atoms with van der Waals surface area (Å²) in [7, 11) is 0. The second kappa shape index (κ2) is 6.91. The second-order valence-electron chi connectivity index (χ2n) is 3.89. The van der Waals surface area contributed by atoms with E-state index in [2.05, 4.69) is 37.2 Å². The Bertz CT molecular complexity index is 525. The Morgan fingerprint density at radius 2 is 1.74 bits per heavy atom. The van der Waals surface area contributed by atoms with Crippen molar-refractivity contribution < 1.29 is 9.13 Å². The summed E-state index contributed by atoms with van der Waals surface area (Å²) < 4.78 is 20.3. The first-order valence-corrected chi connectivity index (χ1v) is 7.30. The Labute approximate surface area is 128 Å². The predicted molar refractivity (Wildman–Crippen MR) is 82.2 cm³/mol. The molecule has 0 heterocycles. The third kappa shape index (κ3) is 4.84. The molecular weight excluding hydrogens is 377 g/mol. The lowest BCUT2D eigenvalue weighted by atomic mass is 10.3. The van der Waals surface area contributed by atoms with E-state index >= 15 is 0 Å². The van der Waals surface area contributed by atoms with Crippen molar-refractivity contribution >= 4 is 37.5 Å². The van der Waals surface area contributed by atoms with Crippen molar-refractivity contribution in [3.05, 3.63) is 57.2 Å². The van der Waals surface area contributed by atoms with Gasteiger partial charge in [0.15, 0.2) is 0 Å². The molecule has 0 fully saturated rings. The van der Waals surface area contributed by atoms with Crippen LogP contribution in [0, 0.1) is 5.82 Å². The standard InChI is InChI=1S/C14H12Br2FNO/c15-10-1-3-13(4-2-10)18-5-6-19-14-8-11(16)7-12(17)9-14/h1-4,7-9,18H,5-6H2. The first-order chi connectivity index (χ1) is 9.13. The fraction of sp³-hybridized carbons (Fsp3) is 0.143. The quantitative estimate of drug-likeness (QED) is 0.740. The summed E-state index contributed by atoms with van der Waals surface area (Å²) in [5.41, 5.74) is 1.02. The summed E-state index contributed by atoms with van der Waals surface area (Å²) in [6.07, 6.45) is 0. The molecule has 0 unspecified atom stereocenters. The first-order valence-electron chi connectivity index (χ1n) is 5.72. The summed E-state index contributed by atoms with van der Waals surface area (Å²) in [5, 5.41) is 3.22. The third-order valence-corrected chi connectivity index (χ3v) is 3.37. The van der Waals surface area contributed by atoms with Crippen molar-refractivity contribution in [1.29, 1.82) is 0 Å². The maximum Gasteiger partial charge on any atom is 0.128 e. The maximum absolute atomic E-state index is 13.1. The van der Waals surface area contributed by atoms with E-state index < -0.39 is 0 Å². The third-order valence-electron chi connectivity index (χ3n) is 2.38. The zero-order valence-corrected chi connectivity index (χ0v) is 13.2. The van der Waals surface area contributed by atoms with Gasteiger partial charge in [-0.3, -0.25) is 0 Å². The highest BCUT2D eigenvalue weighted by Crippen LogP contribution is 2.20. The number of hydrogen-bond donors (Lipinski definition) is 1. The number of halogens is 3. The van der Waals surface area contributed by atoms with E-state index in [1.165, 1.54) is 12.1 Å². The molecule has 0 aliphatic carbocycles. The monoisotopic (exact) mass is 387 g/mol. The van der Waals surface area contributed by atoms with Gasteiger partial charge in [0.05, 0.1) is 0 Å².